The Morgan fingerprint density at radius 2 is 1.59 bits per heavy atom. The van der Waals surface area contributed by atoms with Gasteiger partial charge in [0.05, 0.1) is 16.5 Å². The van der Waals surface area contributed by atoms with Crippen molar-refractivity contribution in [3.05, 3.63) is 59.7 Å². The van der Waals surface area contributed by atoms with Crippen molar-refractivity contribution >= 4 is 27.5 Å². The molecule has 0 aliphatic carbocycles. The van der Waals surface area contributed by atoms with E-state index in [1.165, 1.54) is 38.2 Å². The van der Waals surface area contributed by atoms with Crippen molar-refractivity contribution in [1.82, 2.24) is 10.0 Å². The summed E-state index contributed by atoms with van der Waals surface area (Å²) >= 11 is 0. The fourth-order valence-corrected chi connectivity index (χ4v) is 3.82. The quantitative estimate of drug-likeness (QED) is 0.656. The molecule has 0 unspecified atom stereocenters. The summed E-state index contributed by atoms with van der Waals surface area (Å²) in [4.78, 5) is 22.8. The molecule has 2 aromatic carbocycles. The zero-order valence-corrected chi connectivity index (χ0v) is 16.2. The van der Waals surface area contributed by atoms with Gasteiger partial charge in [0.2, 0.25) is 15.9 Å². The van der Waals surface area contributed by atoms with Crippen molar-refractivity contribution in [3.8, 4) is 0 Å². The Hall–Kier alpha value is -2.92. The lowest BCUT2D eigenvalue weighted by Crippen LogP contribution is -2.42. The van der Waals surface area contributed by atoms with E-state index in [0.29, 0.717) is 11.6 Å². The maximum absolute atomic E-state index is 13.1. The molecule has 1 atom stereocenters. The molecule has 7 nitrogen and oxygen atoms in total. The van der Waals surface area contributed by atoms with Gasteiger partial charge in [0.15, 0.2) is 0 Å². The smallest absolute Gasteiger partial charge is 0.355 e. The molecule has 0 spiro atoms. The van der Waals surface area contributed by atoms with Crippen LogP contribution in [0.1, 0.15) is 22.8 Å². The first-order chi connectivity index (χ1) is 13.5. The van der Waals surface area contributed by atoms with Crippen LogP contribution < -0.4 is 15.4 Å². The highest BCUT2D eigenvalue weighted by Gasteiger charge is 2.37. The lowest BCUT2D eigenvalue weighted by Gasteiger charge is -2.17. The standard InChI is InChI=1S/C18H18F3N3O4S/c1-11(16(25)23-13-9-7-12(8-10-13)17(26)22-2)24-29(27,28)15-6-4-3-5-14(15)18(19,20)21/h3-11,24H,1-2H3,(H,22,26)(H,23,25)/t11-/m0/s1. The van der Waals surface area contributed by atoms with Crippen molar-refractivity contribution in [1.29, 1.82) is 0 Å². The third-order valence-corrected chi connectivity index (χ3v) is 5.45. The van der Waals surface area contributed by atoms with E-state index in [1.807, 2.05) is 4.72 Å². The van der Waals surface area contributed by atoms with Crippen LogP contribution in [0.25, 0.3) is 0 Å². The molecule has 2 amide bonds. The lowest BCUT2D eigenvalue weighted by atomic mass is 10.2. The van der Waals surface area contributed by atoms with Crippen LogP contribution in [0.2, 0.25) is 0 Å². The zero-order chi connectivity index (χ0) is 21.8. The van der Waals surface area contributed by atoms with Gasteiger partial charge in [0.25, 0.3) is 5.91 Å². The Balaban J connectivity index is 2.14. The number of hydrogen-bond acceptors (Lipinski definition) is 4. The van der Waals surface area contributed by atoms with Gasteiger partial charge in [0, 0.05) is 18.3 Å². The van der Waals surface area contributed by atoms with Crippen LogP contribution in [0.3, 0.4) is 0 Å². The molecule has 11 heteroatoms. The normalized spacial score (nSPS) is 12.9. The van der Waals surface area contributed by atoms with Gasteiger partial charge in [-0.05, 0) is 43.3 Å². The van der Waals surface area contributed by atoms with Crippen LogP contribution in [0.4, 0.5) is 18.9 Å². The summed E-state index contributed by atoms with van der Waals surface area (Å²) in [6.07, 6.45) is -4.87. The van der Waals surface area contributed by atoms with Gasteiger partial charge in [-0.15, -0.1) is 0 Å². The van der Waals surface area contributed by atoms with E-state index in [9.17, 15) is 31.2 Å². The van der Waals surface area contributed by atoms with Gasteiger partial charge < -0.3 is 10.6 Å². The minimum atomic E-state index is -4.87. The van der Waals surface area contributed by atoms with Crippen LogP contribution >= 0.6 is 0 Å². The molecule has 3 N–H and O–H groups in total. The summed E-state index contributed by atoms with van der Waals surface area (Å²) in [5.74, 6) is -1.11. The first-order valence-corrected chi connectivity index (χ1v) is 9.75. The fraction of sp³-hybridized carbons (Fsp3) is 0.222. The molecule has 0 saturated heterocycles. The largest absolute Gasteiger partial charge is 0.417 e. The van der Waals surface area contributed by atoms with Crippen molar-refractivity contribution in [3.63, 3.8) is 0 Å². The number of amides is 2. The number of sulfonamides is 1. The maximum Gasteiger partial charge on any atom is 0.417 e. The van der Waals surface area contributed by atoms with E-state index < -0.39 is 38.6 Å². The molecule has 0 aromatic heterocycles. The highest BCUT2D eigenvalue weighted by Crippen LogP contribution is 2.33. The van der Waals surface area contributed by atoms with Crippen LogP contribution in [0, 0.1) is 0 Å². The minimum Gasteiger partial charge on any atom is -0.355 e. The number of benzene rings is 2. The minimum absolute atomic E-state index is 0.282. The van der Waals surface area contributed by atoms with Gasteiger partial charge in [-0.1, -0.05) is 12.1 Å². The summed E-state index contributed by atoms with van der Waals surface area (Å²) in [6, 6.07) is 8.08. The first-order valence-electron chi connectivity index (χ1n) is 8.27. The number of anilines is 1. The van der Waals surface area contributed by atoms with E-state index in [4.69, 9.17) is 0 Å². The summed E-state index contributed by atoms with van der Waals surface area (Å²) in [7, 11) is -3.15. The van der Waals surface area contributed by atoms with Gasteiger partial charge in [-0.2, -0.15) is 17.9 Å². The molecule has 2 aromatic rings. The third kappa shape index (κ3) is 5.55. The van der Waals surface area contributed by atoms with Gasteiger partial charge >= 0.3 is 6.18 Å². The lowest BCUT2D eigenvalue weighted by molar-refractivity contribution is -0.139. The number of halogens is 3. The molecule has 0 bridgehead atoms. The number of carbonyl (C=O) groups excluding carboxylic acids is 2. The second-order valence-corrected chi connectivity index (χ2v) is 7.67. The highest BCUT2D eigenvalue weighted by molar-refractivity contribution is 7.89. The van der Waals surface area contributed by atoms with Crippen LogP contribution in [-0.4, -0.2) is 33.3 Å². The molecule has 0 aliphatic rings. The molecular weight excluding hydrogens is 411 g/mol. The van der Waals surface area contributed by atoms with Crippen LogP contribution in [0.5, 0.6) is 0 Å². The second-order valence-electron chi connectivity index (χ2n) is 5.98. The van der Waals surface area contributed by atoms with Gasteiger partial charge in [-0.25, -0.2) is 8.42 Å². The number of nitrogens with one attached hydrogen (secondary N) is 3. The van der Waals surface area contributed by atoms with Crippen LogP contribution in [-0.2, 0) is 21.0 Å². The van der Waals surface area contributed by atoms with E-state index in [-0.39, 0.29) is 11.6 Å². The predicted octanol–water partition coefficient (Wildman–Crippen LogP) is 2.37. The van der Waals surface area contributed by atoms with E-state index in [2.05, 4.69) is 10.6 Å². The zero-order valence-electron chi connectivity index (χ0n) is 15.4. The van der Waals surface area contributed by atoms with Crippen LogP contribution in [0.15, 0.2) is 53.4 Å². The highest BCUT2D eigenvalue weighted by atomic mass is 32.2. The van der Waals surface area contributed by atoms with E-state index in [0.717, 1.165) is 18.2 Å². The summed E-state index contributed by atoms with van der Waals surface area (Å²) < 4.78 is 65.9. The Bertz CT molecular complexity index is 1010. The maximum atomic E-state index is 13.1. The fourth-order valence-electron chi connectivity index (χ4n) is 2.38. The Morgan fingerprint density at radius 1 is 1.00 bits per heavy atom. The molecule has 0 fully saturated rings. The van der Waals surface area contributed by atoms with Gasteiger partial charge in [-0.3, -0.25) is 9.59 Å². The van der Waals surface area contributed by atoms with Gasteiger partial charge in [0.1, 0.15) is 0 Å². The number of rotatable bonds is 6. The molecule has 2 rings (SSSR count). The van der Waals surface area contributed by atoms with Crippen molar-refractivity contribution in [2.45, 2.75) is 24.0 Å². The van der Waals surface area contributed by atoms with Crippen molar-refractivity contribution in [2.24, 2.45) is 0 Å². The van der Waals surface area contributed by atoms with E-state index in [1.54, 1.807) is 0 Å². The Morgan fingerprint density at radius 3 is 2.14 bits per heavy atom. The number of alkyl halides is 3. The van der Waals surface area contributed by atoms with Crippen molar-refractivity contribution < 1.29 is 31.2 Å². The number of hydrogen-bond donors (Lipinski definition) is 3. The first kappa shape index (κ1) is 22.4. The molecule has 0 radical (unpaired) electrons. The van der Waals surface area contributed by atoms with E-state index >= 15 is 0 Å². The monoisotopic (exact) mass is 429 g/mol. The summed E-state index contributed by atoms with van der Waals surface area (Å²) in [6.45, 7) is 1.20. The summed E-state index contributed by atoms with van der Waals surface area (Å²) in [5.41, 5.74) is -0.697. The Labute approximate surface area is 165 Å². The SMILES string of the molecule is CNC(=O)c1ccc(NC(=O)[C@H](C)NS(=O)(=O)c2ccccc2C(F)(F)F)cc1. The summed E-state index contributed by atoms with van der Waals surface area (Å²) in [5, 5.41) is 4.86. The second kappa shape index (κ2) is 8.62. The molecular formula is C18H18F3N3O4S. The van der Waals surface area contributed by atoms with Crippen molar-refractivity contribution in [2.75, 3.05) is 12.4 Å². The molecule has 0 saturated carbocycles. The predicted molar refractivity (Wildman–Crippen MR) is 99.7 cm³/mol. The molecule has 0 heterocycles. The third-order valence-electron chi connectivity index (χ3n) is 3.85. The molecule has 29 heavy (non-hydrogen) atoms. The number of carbonyl (C=O) groups is 2. The topological polar surface area (TPSA) is 104 Å². The Kier molecular flexibility index (Phi) is 6.65. The molecule has 0 aliphatic heterocycles. The molecule has 156 valence electrons. The average molecular weight is 429 g/mol. The average Bonchev–Trinajstić information content (AvgIpc) is 2.67.